The first-order valence-electron chi connectivity index (χ1n) is 6.40. The molecule has 1 aromatic heterocycles. The molecule has 0 saturated heterocycles. The molecule has 21 heavy (non-hydrogen) atoms. The van der Waals surface area contributed by atoms with Crippen molar-refractivity contribution in [3.8, 4) is 0 Å². The van der Waals surface area contributed by atoms with Gasteiger partial charge in [0.15, 0.2) is 5.69 Å². The van der Waals surface area contributed by atoms with Crippen LogP contribution in [0.5, 0.6) is 0 Å². The number of benzene rings is 1. The fourth-order valence-electron chi connectivity index (χ4n) is 1.81. The van der Waals surface area contributed by atoms with Gasteiger partial charge in [-0.05, 0) is 6.07 Å². The molecule has 2 aromatic rings. The Morgan fingerprint density at radius 2 is 1.95 bits per heavy atom. The van der Waals surface area contributed by atoms with E-state index in [9.17, 15) is 9.59 Å². The molecule has 0 saturated carbocycles. The highest BCUT2D eigenvalue weighted by Crippen LogP contribution is 2.14. The van der Waals surface area contributed by atoms with Crippen LogP contribution in [0.4, 0.5) is 0 Å². The van der Waals surface area contributed by atoms with Crippen LogP contribution in [0, 0.1) is 0 Å². The fraction of sp³-hybridized carbons (Fsp3) is 0.308. The van der Waals surface area contributed by atoms with Gasteiger partial charge in [-0.1, -0.05) is 18.2 Å². The molecular weight excluding hydrogens is 294 g/mol. The Hall–Kier alpha value is -2.12. The highest BCUT2D eigenvalue weighted by molar-refractivity contribution is 6.04. The molecule has 0 fully saturated rings. The number of aromatic amines is 1. The van der Waals surface area contributed by atoms with E-state index in [1.54, 1.807) is 0 Å². The zero-order chi connectivity index (χ0) is 14.4. The molecule has 0 atom stereocenters. The molecule has 114 valence electrons. The average molecular weight is 312 g/mol. The van der Waals surface area contributed by atoms with Gasteiger partial charge in [0.1, 0.15) is 0 Å². The number of hydrogen-bond donors (Lipinski definition) is 4. The maximum Gasteiger partial charge on any atom is 0.272 e. The number of hydrogen-bond acceptors (Lipinski definition) is 4. The van der Waals surface area contributed by atoms with Crippen molar-refractivity contribution in [2.45, 2.75) is 6.42 Å². The van der Waals surface area contributed by atoms with Gasteiger partial charge in [-0.3, -0.25) is 14.7 Å². The van der Waals surface area contributed by atoms with Gasteiger partial charge in [-0.15, -0.1) is 12.4 Å². The fourth-order valence-corrected chi connectivity index (χ4v) is 1.81. The van der Waals surface area contributed by atoms with Gasteiger partial charge in [0.2, 0.25) is 5.91 Å². The molecule has 2 rings (SSSR count). The Morgan fingerprint density at radius 1 is 1.19 bits per heavy atom. The summed E-state index contributed by atoms with van der Waals surface area (Å²) >= 11 is 0. The lowest BCUT2D eigenvalue weighted by atomic mass is 10.2. The summed E-state index contributed by atoms with van der Waals surface area (Å²) in [5.41, 5.74) is 6.41. The summed E-state index contributed by atoms with van der Waals surface area (Å²) in [6, 6.07) is 7.37. The van der Waals surface area contributed by atoms with Gasteiger partial charge in [0, 0.05) is 31.4 Å². The van der Waals surface area contributed by atoms with Gasteiger partial charge < -0.3 is 16.4 Å². The smallest absolute Gasteiger partial charge is 0.272 e. The third kappa shape index (κ3) is 4.44. The number of rotatable bonds is 6. The minimum Gasteiger partial charge on any atom is -0.355 e. The van der Waals surface area contributed by atoms with Crippen LogP contribution in [-0.4, -0.2) is 41.6 Å². The minimum atomic E-state index is -0.297. The van der Waals surface area contributed by atoms with Gasteiger partial charge in [-0.25, -0.2) is 0 Å². The van der Waals surface area contributed by atoms with E-state index in [4.69, 9.17) is 5.73 Å². The lowest BCUT2D eigenvalue weighted by Gasteiger charge is -2.04. The molecule has 0 radical (unpaired) electrons. The maximum absolute atomic E-state index is 12.0. The van der Waals surface area contributed by atoms with Gasteiger partial charge >= 0.3 is 0 Å². The predicted octanol–water partition coefficient (Wildman–Crippen LogP) is 0.180. The quantitative estimate of drug-likeness (QED) is 0.609. The Morgan fingerprint density at radius 3 is 2.71 bits per heavy atom. The first-order valence-corrected chi connectivity index (χ1v) is 6.40. The van der Waals surface area contributed by atoms with Crippen molar-refractivity contribution in [3.63, 3.8) is 0 Å². The highest BCUT2D eigenvalue weighted by Gasteiger charge is 2.13. The molecule has 0 aliphatic rings. The molecule has 0 spiro atoms. The molecular formula is C13H18ClN5O2. The SMILES string of the molecule is Cl.NCCNC(=O)CCNC(=O)c1n[nH]c2ccccc12. The van der Waals surface area contributed by atoms with E-state index in [-0.39, 0.29) is 37.2 Å². The maximum atomic E-state index is 12.0. The van der Waals surface area contributed by atoms with Crippen molar-refractivity contribution in [2.24, 2.45) is 5.73 Å². The van der Waals surface area contributed by atoms with Crippen molar-refractivity contribution in [1.29, 1.82) is 0 Å². The second kappa shape index (κ2) is 8.23. The minimum absolute atomic E-state index is 0. The zero-order valence-corrected chi connectivity index (χ0v) is 12.2. The monoisotopic (exact) mass is 311 g/mol. The van der Waals surface area contributed by atoms with E-state index in [1.807, 2.05) is 24.3 Å². The van der Waals surface area contributed by atoms with Crippen molar-refractivity contribution in [2.75, 3.05) is 19.6 Å². The van der Waals surface area contributed by atoms with Crippen LogP contribution in [0.1, 0.15) is 16.9 Å². The van der Waals surface area contributed by atoms with Crippen LogP contribution in [-0.2, 0) is 4.79 Å². The third-order valence-electron chi connectivity index (χ3n) is 2.79. The summed E-state index contributed by atoms with van der Waals surface area (Å²) in [5, 5.41) is 12.8. The lowest BCUT2D eigenvalue weighted by Crippen LogP contribution is -2.33. The van der Waals surface area contributed by atoms with E-state index >= 15 is 0 Å². The largest absolute Gasteiger partial charge is 0.355 e. The summed E-state index contributed by atoms with van der Waals surface area (Å²) in [6.07, 6.45) is 0.216. The number of halogens is 1. The van der Waals surface area contributed by atoms with E-state index in [1.165, 1.54) is 0 Å². The van der Waals surface area contributed by atoms with Gasteiger partial charge in [0.25, 0.3) is 5.91 Å². The summed E-state index contributed by atoms with van der Waals surface area (Å²) < 4.78 is 0. The molecule has 2 amide bonds. The number of aromatic nitrogens is 2. The molecule has 8 heteroatoms. The lowest BCUT2D eigenvalue weighted by molar-refractivity contribution is -0.120. The number of amides is 2. The summed E-state index contributed by atoms with van der Waals surface area (Å²) in [4.78, 5) is 23.3. The van der Waals surface area contributed by atoms with E-state index in [0.717, 1.165) is 10.9 Å². The number of nitrogens with one attached hydrogen (secondary N) is 3. The van der Waals surface area contributed by atoms with Crippen molar-refractivity contribution in [3.05, 3.63) is 30.0 Å². The number of nitrogens with zero attached hydrogens (tertiary/aromatic N) is 1. The molecule has 1 aromatic carbocycles. The van der Waals surface area contributed by atoms with E-state index in [2.05, 4.69) is 20.8 Å². The van der Waals surface area contributed by atoms with E-state index in [0.29, 0.717) is 18.8 Å². The molecule has 1 heterocycles. The van der Waals surface area contributed by atoms with E-state index < -0.39 is 0 Å². The van der Waals surface area contributed by atoms with Gasteiger partial charge in [0.05, 0.1) is 5.52 Å². The van der Waals surface area contributed by atoms with Crippen LogP contribution >= 0.6 is 12.4 Å². The molecule has 0 bridgehead atoms. The Labute approximate surface area is 128 Å². The first kappa shape index (κ1) is 16.9. The van der Waals surface area contributed by atoms with Crippen LogP contribution < -0.4 is 16.4 Å². The number of carbonyl (C=O) groups excluding carboxylic acids is 2. The first-order chi connectivity index (χ1) is 9.72. The number of fused-ring (bicyclic) bond motifs is 1. The normalized spacial score (nSPS) is 9.95. The van der Waals surface area contributed by atoms with Gasteiger partial charge in [-0.2, -0.15) is 5.10 Å². The van der Waals surface area contributed by atoms with Crippen molar-refractivity contribution < 1.29 is 9.59 Å². The van der Waals surface area contributed by atoms with Crippen LogP contribution in [0.2, 0.25) is 0 Å². The average Bonchev–Trinajstić information content (AvgIpc) is 2.89. The topological polar surface area (TPSA) is 113 Å². The standard InChI is InChI=1S/C13H17N5O2.ClH/c14-6-8-15-11(19)5-7-16-13(20)12-9-3-1-2-4-10(9)17-18-12;/h1-4H,5-8,14H2,(H,15,19)(H,16,20)(H,17,18);1H. The molecule has 0 aliphatic heterocycles. The second-order valence-corrected chi connectivity index (χ2v) is 4.26. The summed E-state index contributed by atoms with van der Waals surface area (Å²) in [6.45, 7) is 1.10. The summed E-state index contributed by atoms with van der Waals surface area (Å²) in [7, 11) is 0. The van der Waals surface area contributed by atoms with Crippen LogP contribution in [0.3, 0.4) is 0 Å². The number of carbonyl (C=O) groups is 2. The number of nitrogens with two attached hydrogens (primary N) is 1. The second-order valence-electron chi connectivity index (χ2n) is 4.26. The zero-order valence-electron chi connectivity index (χ0n) is 11.4. The van der Waals surface area contributed by atoms with Crippen LogP contribution in [0.25, 0.3) is 10.9 Å². The molecule has 0 unspecified atom stereocenters. The molecule has 5 N–H and O–H groups in total. The predicted molar refractivity (Wildman–Crippen MR) is 82.4 cm³/mol. The third-order valence-corrected chi connectivity index (χ3v) is 2.79. The van der Waals surface area contributed by atoms with Crippen LogP contribution in [0.15, 0.2) is 24.3 Å². The Bertz CT molecular complexity index is 613. The number of para-hydroxylation sites is 1. The Balaban J connectivity index is 0.00000220. The Kier molecular flexibility index (Phi) is 6.64. The summed E-state index contributed by atoms with van der Waals surface area (Å²) in [5.74, 6) is -0.434. The number of H-pyrrole nitrogens is 1. The van der Waals surface area contributed by atoms with Crippen molar-refractivity contribution >= 4 is 35.1 Å². The molecule has 7 nitrogen and oxygen atoms in total. The van der Waals surface area contributed by atoms with Crippen molar-refractivity contribution in [1.82, 2.24) is 20.8 Å². The molecule has 0 aliphatic carbocycles. The highest BCUT2D eigenvalue weighted by atomic mass is 35.5.